The normalized spacial score (nSPS) is 10.5. The van der Waals surface area contributed by atoms with Gasteiger partial charge in [0.2, 0.25) is 0 Å². The van der Waals surface area contributed by atoms with Crippen molar-refractivity contribution in [1.82, 2.24) is 20.1 Å². The van der Waals surface area contributed by atoms with E-state index in [1.54, 1.807) is 6.33 Å². The van der Waals surface area contributed by atoms with Crippen LogP contribution < -0.4 is 5.32 Å². The van der Waals surface area contributed by atoms with E-state index in [1.807, 2.05) is 17.8 Å². The molecule has 1 N–H and O–H groups in total. The summed E-state index contributed by atoms with van der Waals surface area (Å²) in [5.74, 6) is 0.864. The number of allylic oxidation sites excluding steroid dienone is 1. The summed E-state index contributed by atoms with van der Waals surface area (Å²) in [6, 6.07) is 0. The largest absolute Gasteiger partial charge is 0.313 e. The number of aromatic nitrogens is 3. The van der Waals surface area contributed by atoms with Crippen molar-refractivity contribution < 1.29 is 0 Å². The van der Waals surface area contributed by atoms with Crippen LogP contribution in [0.2, 0.25) is 0 Å². The molecule has 1 rings (SSSR count). The smallest absolute Gasteiger partial charge is 0.164 e. The van der Waals surface area contributed by atoms with E-state index < -0.39 is 0 Å². The van der Waals surface area contributed by atoms with Crippen LogP contribution in [0.5, 0.6) is 0 Å². The van der Waals surface area contributed by atoms with Crippen molar-refractivity contribution in [3.8, 4) is 0 Å². The lowest BCUT2D eigenvalue weighted by Gasteiger charge is -1.99. The average Bonchev–Trinajstić information content (AvgIpc) is 2.66. The van der Waals surface area contributed by atoms with Crippen molar-refractivity contribution in [3.05, 3.63) is 24.8 Å². The first-order valence-corrected chi connectivity index (χ1v) is 5.50. The Bertz CT molecular complexity index is 280. The van der Waals surface area contributed by atoms with Crippen molar-refractivity contribution >= 4 is 0 Å². The molecule has 4 nitrogen and oxygen atoms in total. The Morgan fingerprint density at radius 1 is 1.47 bits per heavy atom. The van der Waals surface area contributed by atoms with Crippen LogP contribution >= 0.6 is 0 Å². The zero-order chi connectivity index (χ0) is 10.9. The van der Waals surface area contributed by atoms with Crippen LogP contribution in [0.4, 0.5) is 0 Å². The topological polar surface area (TPSA) is 42.7 Å². The fourth-order valence-electron chi connectivity index (χ4n) is 1.42. The maximum atomic E-state index is 4.34. The Hall–Kier alpha value is -1.16. The lowest BCUT2D eigenvalue weighted by molar-refractivity contribution is 0.539. The molecule has 0 aliphatic carbocycles. The summed E-state index contributed by atoms with van der Waals surface area (Å²) in [7, 11) is 1.90. The number of hydrogen-bond donors (Lipinski definition) is 1. The quantitative estimate of drug-likeness (QED) is 0.523. The van der Waals surface area contributed by atoms with Gasteiger partial charge >= 0.3 is 0 Å². The molecule has 0 saturated carbocycles. The number of aryl methyl sites for hydroxylation is 1. The Kier molecular flexibility index (Phi) is 5.70. The maximum absolute atomic E-state index is 4.34. The van der Waals surface area contributed by atoms with Gasteiger partial charge in [-0.1, -0.05) is 12.5 Å². The van der Waals surface area contributed by atoms with E-state index in [0.717, 1.165) is 31.8 Å². The Labute approximate surface area is 91.4 Å². The standard InChI is InChI=1S/C11H20N4/c1-3-4-5-6-7-8-15-10-13-11(14-15)9-12-2/h3,10,12H,1,4-9H2,2H3. The fraction of sp³-hybridized carbons (Fsp3) is 0.636. The molecule has 0 aliphatic rings. The summed E-state index contributed by atoms with van der Waals surface area (Å²) in [6.07, 6.45) is 8.51. The molecule has 84 valence electrons. The predicted molar refractivity (Wildman–Crippen MR) is 61.5 cm³/mol. The van der Waals surface area contributed by atoms with Crippen molar-refractivity contribution in [1.29, 1.82) is 0 Å². The van der Waals surface area contributed by atoms with Crippen LogP contribution in [0.25, 0.3) is 0 Å². The van der Waals surface area contributed by atoms with Crippen molar-refractivity contribution in [2.45, 2.75) is 38.8 Å². The van der Waals surface area contributed by atoms with Crippen LogP contribution in [0.1, 0.15) is 31.5 Å². The summed E-state index contributed by atoms with van der Waals surface area (Å²) in [5, 5.41) is 7.37. The molecular weight excluding hydrogens is 188 g/mol. The maximum Gasteiger partial charge on any atom is 0.164 e. The lowest BCUT2D eigenvalue weighted by Crippen LogP contribution is -2.07. The molecule has 0 spiro atoms. The van der Waals surface area contributed by atoms with Gasteiger partial charge in [0, 0.05) is 6.54 Å². The molecule has 0 atom stereocenters. The number of unbranched alkanes of at least 4 members (excludes halogenated alkanes) is 3. The molecule has 1 heterocycles. The van der Waals surface area contributed by atoms with Gasteiger partial charge in [-0.15, -0.1) is 6.58 Å². The van der Waals surface area contributed by atoms with Gasteiger partial charge in [0.1, 0.15) is 6.33 Å². The third-order valence-corrected chi connectivity index (χ3v) is 2.21. The van der Waals surface area contributed by atoms with Gasteiger partial charge in [0.15, 0.2) is 5.82 Å². The number of nitrogens with one attached hydrogen (secondary N) is 1. The highest BCUT2D eigenvalue weighted by Gasteiger charge is 1.98. The summed E-state index contributed by atoms with van der Waals surface area (Å²) in [5.41, 5.74) is 0. The van der Waals surface area contributed by atoms with Gasteiger partial charge in [-0.25, -0.2) is 4.98 Å². The Morgan fingerprint density at radius 2 is 2.33 bits per heavy atom. The number of nitrogens with zero attached hydrogens (tertiary/aromatic N) is 3. The molecule has 0 fully saturated rings. The summed E-state index contributed by atoms with van der Waals surface area (Å²) >= 11 is 0. The molecule has 1 aromatic rings. The van der Waals surface area contributed by atoms with Crippen LogP contribution in [0.3, 0.4) is 0 Å². The summed E-state index contributed by atoms with van der Waals surface area (Å²) < 4.78 is 1.92. The highest BCUT2D eigenvalue weighted by Crippen LogP contribution is 2.02. The number of rotatable bonds is 8. The number of hydrogen-bond acceptors (Lipinski definition) is 3. The highest BCUT2D eigenvalue weighted by molar-refractivity contribution is 4.79. The molecule has 4 heteroatoms. The van der Waals surface area contributed by atoms with Gasteiger partial charge in [-0.05, 0) is 26.3 Å². The molecule has 0 radical (unpaired) electrons. The minimum Gasteiger partial charge on any atom is -0.313 e. The molecule has 0 aliphatic heterocycles. The van der Waals surface area contributed by atoms with Crippen molar-refractivity contribution in [2.24, 2.45) is 0 Å². The zero-order valence-corrected chi connectivity index (χ0v) is 9.45. The van der Waals surface area contributed by atoms with E-state index in [0.29, 0.717) is 0 Å². The van der Waals surface area contributed by atoms with Crippen LogP contribution in [0, 0.1) is 0 Å². The van der Waals surface area contributed by atoms with E-state index in [9.17, 15) is 0 Å². The molecule has 1 aromatic heterocycles. The first-order chi connectivity index (χ1) is 7.36. The minimum absolute atomic E-state index is 0.740. The minimum atomic E-state index is 0.740. The Balaban J connectivity index is 2.16. The second-order valence-corrected chi connectivity index (χ2v) is 3.59. The molecular formula is C11H20N4. The highest BCUT2D eigenvalue weighted by atomic mass is 15.3. The first-order valence-electron chi connectivity index (χ1n) is 5.50. The zero-order valence-electron chi connectivity index (χ0n) is 9.45. The second-order valence-electron chi connectivity index (χ2n) is 3.59. The molecule has 15 heavy (non-hydrogen) atoms. The SMILES string of the molecule is C=CCCCCCn1cnc(CNC)n1. The van der Waals surface area contributed by atoms with E-state index >= 15 is 0 Å². The van der Waals surface area contributed by atoms with E-state index in [1.165, 1.54) is 12.8 Å². The van der Waals surface area contributed by atoms with E-state index in [4.69, 9.17) is 0 Å². The molecule has 0 saturated heterocycles. The van der Waals surface area contributed by atoms with Gasteiger partial charge in [0.25, 0.3) is 0 Å². The van der Waals surface area contributed by atoms with Crippen molar-refractivity contribution in [2.75, 3.05) is 7.05 Å². The first kappa shape index (κ1) is 11.9. The van der Waals surface area contributed by atoms with Crippen LogP contribution in [-0.2, 0) is 13.1 Å². The van der Waals surface area contributed by atoms with Gasteiger partial charge < -0.3 is 5.32 Å². The predicted octanol–water partition coefficient (Wildman–Crippen LogP) is 1.74. The fourth-order valence-corrected chi connectivity index (χ4v) is 1.42. The molecule has 0 bridgehead atoms. The molecule has 0 unspecified atom stereocenters. The Morgan fingerprint density at radius 3 is 3.07 bits per heavy atom. The van der Waals surface area contributed by atoms with Gasteiger partial charge in [-0.3, -0.25) is 4.68 Å². The van der Waals surface area contributed by atoms with Gasteiger partial charge in [0.05, 0.1) is 6.54 Å². The third-order valence-electron chi connectivity index (χ3n) is 2.21. The van der Waals surface area contributed by atoms with Gasteiger partial charge in [-0.2, -0.15) is 5.10 Å². The van der Waals surface area contributed by atoms with Crippen LogP contribution in [0.15, 0.2) is 19.0 Å². The summed E-state index contributed by atoms with van der Waals surface area (Å²) in [6.45, 7) is 5.41. The average molecular weight is 208 g/mol. The van der Waals surface area contributed by atoms with Crippen LogP contribution in [-0.4, -0.2) is 21.8 Å². The lowest BCUT2D eigenvalue weighted by atomic mass is 10.2. The van der Waals surface area contributed by atoms with Crippen molar-refractivity contribution in [3.63, 3.8) is 0 Å². The molecule has 0 amide bonds. The van der Waals surface area contributed by atoms with E-state index in [2.05, 4.69) is 22.0 Å². The monoisotopic (exact) mass is 208 g/mol. The molecule has 0 aromatic carbocycles. The van der Waals surface area contributed by atoms with E-state index in [-0.39, 0.29) is 0 Å². The third kappa shape index (κ3) is 4.74. The second kappa shape index (κ2) is 7.17. The summed E-state index contributed by atoms with van der Waals surface area (Å²) in [4.78, 5) is 4.19.